The number of aliphatic hydroxyl groups is 1. The lowest BCUT2D eigenvalue weighted by atomic mass is 10.1. The molecule has 2 aliphatic heterocycles. The van der Waals surface area contributed by atoms with Crippen LogP contribution in [0.25, 0.3) is 10.9 Å². The molecule has 0 unspecified atom stereocenters. The quantitative estimate of drug-likeness (QED) is 0.500. The van der Waals surface area contributed by atoms with Crippen molar-refractivity contribution < 1.29 is 24.4 Å². The van der Waals surface area contributed by atoms with Crippen molar-refractivity contribution in [3.8, 4) is 11.5 Å². The third-order valence-electron chi connectivity index (χ3n) is 6.02. The Morgan fingerprint density at radius 3 is 2.64 bits per heavy atom. The predicted molar refractivity (Wildman–Crippen MR) is 106 cm³/mol. The Hall–Kier alpha value is -2.54. The van der Waals surface area contributed by atoms with Crippen LogP contribution in [0.3, 0.4) is 0 Å². The van der Waals surface area contributed by atoms with Crippen molar-refractivity contribution in [3.05, 3.63) is 59.8 Å². The first-order chi connectivity index (χ1) is 13.8. The number of hydrogen-bond acceptors (Lipinski definition) is 3. The number of para-hydroxylation sites is 1. The highest BCUT2D eigenvalue weighted by Gasteiger charge is 2.27. The van der Waals surface area contributed by atoms with Gasteiger partial charge in [0.05, 0.1) is 0 Å². The normalized spacial score (nSPS) is 22.5. The maximum Gasteiger partial charge on any atom is 0.231 e. The molecule has 3 aromatic rings. The van der Waals surface area contributed by atoms with Crippen molar-refractivity contribution in [1.82, 2.24) is 4.98 Å². The van der Waals surface area contributed by atoms with Crippen LogP contribution in [-0.2, 0) is 6.54 Å². The number of quaternary nitrogens is 2. The summed E-state index contributed by atoms with van der Waals surface area (Å²) in [5, 5.41) is 11.9. The molecule has 0 bridgehead atoms. The van der Waals surface area contributed by atoms with Crippen LogP contribution in [-0.4, -0.2) is 49.6 Å². The van der Waals surface area contributed by atoms with Gasteiger partial charge in [-0.25, -0.2) is 0 Å². The molecule has 3 heterocycles. The number of H-pyrrole nitrogens is 1. The Morgan fingerprint density at radius 1 is 0.964 bits per heavy atom. The monoisotopic (exact) mass is 381 g/mol. The van der Waals surface area contributed by atoms with Gasteiger partial charge in [-0.3, -0.25) is 0 Å². The molecule has 28 heavy (non-hydrogen) atoms. The van der Waals surface area contributed by atoms with Crippen molar-refractivity contribution in [2.24, 2.45) is 0 Å². The first kappa shape index (κ1) is 17.6. The van der Waals surface area contributed by atoms with Gasteiger partial charge in [0.1, 0.15) is 45.4 Å². The van der Waals surface area contributed by atoms with Gasteiger partial charge in [0.15, 0.2) is 11.5 Å². The molecular formula is C22H27N3O3+2. The number of aromatic nitrogens is 1. The topological polar surface area (TPSA) is 63.4 Å². The summed E-state index contributed by atoms with van der Waals surface area (Å²) in [7, 11) is 0. The Bertz CT molecular complexity index is 963. The van der Waals surface area contributed by atoms with Crippen LogP contribution in [0.1, 0.15) is 17.2 Å². The minimum atomic E-state index is -0.429. The summed E-state index contributed by atoms with van der Waals surface area (Å²) in [6.45, 7) is 6.49. The fraction of sp³-hybridized carbons (Fsp3) is 0.364. The highest BCUT2D eigenvalue weighted by atomic mass is 16.7. The number of aromatic amines is 1. The van der Waals surface area contributed by atoms with Gasteiger partial charge in [-0.1, -0.05) is 18.2 Å². The molecule has 146 valence electrons. The van der Waals surface area contributed by atoms with Crippen molar-refractivity contribution in [2.75, 3.05) is 39.5 Å². The Balaban J connectivity index is 1.16. The molecule has 1 saturated heterocycles. The second-order valence-corrected chi connectivity index (χ2v) is 7.87. The van der Waals surface area contributed by atoms with Crippen molar-refractivity contribution in [1.29, 1.82) is 0 Å². The standard InChI is InChI=1S/C22H25N3O3/c26-20(18-12-23-19-4-2-1-3-17(18)19)14-25-9-7-24(8-10-25)13-16-5-6-21-22(11-16)28-15-27-21/h1-6,11-12,20,23,26H,7-10,13-15H2/p+2/t20-/m1/s1. The van der Waals surface area contributed by atoms with Gasteiger partial charge >= 0.3 is 0 Å². The molecule has 0 aliphatic carbocycles. The van der Waals surface area contributed by atoms with E-state index in [1.165, 1.54) is 10.5 Å². The Morgan fingerprint density at radius 2 is 1.75 bits per heavy atom. The van der Waals surface area contributed by atoms with Crippen LogP contribution in [0.4, 0.5) is 0 Å². The van der Waals surface area contributed by atoms with Crippen LogP contribution < -0.4 is 19.3 Å². The van der Waals surface area contributed by atoms with E-state index in [4.69, 9.17) is 9.47 Å². The van der Waals surface area contributed by atoms with E-state index in [0.29, 0.717) is 6.79 Å². The summed E-state index contributed by atoms with van der Waals surface area (Å²) < 4.78 is 10.9. The lowest BCUT2D eigenvalue weighted by Crippen LogP contribution is -3.27. The molecule has 0 amide bonds. The van der Waals surface area contributed by atoms with Crippen LogP contribution >= 0.6 is 0 Å². The van der Waals surface area contributed by atoms with Gasteiger partial charge < -0.3 is 29.4 Å². The molecule has 6 heteroatoms. The highest BCUT2D eigenvalue weighted by Crippen LogP contribution is 2.32. The summed E-state index contributed by atoms with van der Waals surface area (Å²) in [5.41, 5.74) is 3.39. The first-order valence-electron chi connectivity index (χ1n) is 10.1. The van der Waals surface area contributed by atoms with Crippen LogP contribution in [0.2, 0.25) is 0 Å². The molecule has 1 atom stereocenters. The minimum Gasteiger partial charge on any atom is -0.454 e. The molecule has 2 aromatic carbocycles. The van der Waals surface area contributed by atoms with Crippen LogP contribution in [0.15, 0.2) is 48.7 Å². The average Bonchev–Trinajstić information content (AvgIpc) is 3.36. The number of benzene rings is 2. The zero-order valence-electron chi connectivity index (χ0n) is 15.9. The van der Waals surface area contributed by atoms with Gasteiger partial charge in [0, 0.05) is 28.2 Å². The molecule has 5 rings (SSSR count). The summed E-state index contributed by atoms with van der Waals surface area (Å²) in [5.74, 6) is 1.71. The number of nitrogens with one attached hydrogen (secondary N) is 3. The van der Waals surface area contributed by atoms with Gasteiger partial charge in [-0.05, 0) is 24.3 Å². The SMILES string of the molecule is O[C@H](C[NH+]1CC[NH+](Cc2ccc3c(c2)OCO3)CC1)c1c[nH]c2ccccc12. The second-order valence-electron chi connectivity index (χ2n) is 7.87. The number of rotatable bonds is 5. The summed E-state index contributed by atoms with van der Waals surface area (Å²) >= 11 is 0. The first-order valence-corrected chi connectivity index (χ1v) is 10.1. The van der Waals surface area contributed by atoms with E-state index in [1.54, 1.807) is 4.90 Å². The predicted octanol–water partition coefficient (Wildman–Crippen LogP) is -0.0864. The van der Waals surface area contributed by atoms with E-state index >= 15 is 0 Å². The molecule has 0 spiro atoms. The molecule has 2 aliphatic rings. The van der Waals surface area contributed by atoms with Crippen LogP contribution in [0, 0.1) is 0 Å². The summed E-state index contributed by atoms with van der Waals surface area (Å²) in [6, 6.07) is 14.4. The smallest absolute Gasteiger partial charge is 0.231 e. The van der Waals surface area contributed by atoms with Gasteiger partial charge in [-0.15, -0.1) is 0 Å². The van der Waals surface area contributed by atoms with E-state index in [1.807, 2.05) is 24.4 Å². The summed E-state index contributed by atoms with van der Waals surface area (Å²) in [6.07, 6.45) is 1.53. The molecule has 1 aromatic heterocycles. The van der Waals surface area contributed by atoms with E-state index in [-0.39, 0.29) is 0 Å². The Kier molecular flexibility index (Phi) is 4.68. The lowest BCUT2D eigenvalue weighted by molar-refractivity contribution is -1.02. The third-order valence-corrected chi connectivity index (χ3v) is 6.02. The number of hydrogen-bond donors (Lipinski definition) is 4. The lowest BCUT2D eigenvalue weighted by Gasteiger charge is -2.30. The maximum atomic E-state index is 10.8. The van der Waals surface area contributed by atoms with Crippen molar-refractivity contribution in [2.45, 2.75) is 12.6 Å². The molecule has 6 nitrogen and oxygen atoms in total. The molecular weight excluding hydrogens is 354 g/mol. The van der Waals surface area contributed by atoms with Crippen molar-refractivity contribution >= 4 is 10.9 Å². The Labute approximate surface area is 164 Å². The average molecular weight is 381 g/mol. The number of fused-ring (bicyclic) bond motifs is 2. The van der Waals surface area contributed by atoms with E-state index in [2.05, 4.69) is 29.2 Å². The zero-order valence-corrected chi connectivity index (χ0v) is 15.9. The molecule has 0 radical (unpaired) electrons. The number of ether oxygens (including phenoxy) is 2. The number of aliphatic hydroxyl groups excluding tert-OH is 1. The fourth-order valence-corrected chi connectivity index (χ4v) is 4.43. The maximum absolute atomic E-state index is 10.8. The highest BCUT2D eigenvalue weighted by molar-refractivity contribution is 5.83. The molecule has 0 saturated carbocycles. The van der Waals surface area contributed by atoms with Gasteiger partial charge in [-0.2, -0.15) is 0 Å². The van der Waals surface area contributed by atoms with Gasteiger partial charge in [0.25, 0.3) is 0 Å². The molecule has 4 N–H and O–H groups in total. The molecule has 1 fully saturated rings. The fourth-order valence-electron chi connectivity index (χ4n) is 4.43. The number of piperazine rings is 1. The second kappa shape index (κ2) is 7.47. The van der Waals surface area contributed by atoms with Crippen LogP contribution in [0.5, 0.6) is 11.5 Å². The van der Waals surface area contributed by atoms with Gasteiger partial charge in [0.2, 0.25) is 6.79 Å². The van der Waals surface area contributed by atoms with E-state index in [9.17, 15) is 5.11 Å². The van der Waals surface area contributed by atoms with E-state index < -0.39 is 6.10 Å². The summed E-state index contributed by atoms with van der Waals surface area (Å²) in [4.78, 5) is 6.33. The minimum absolute atomic E-state index is 0.326. The largest absolute Gasteiger partial charge is 0.454 e. The zero-order chi connectivity index (χ0) is 18.9. The third kappa shape index (κ3) is 3.46. The van der Waals surface area contributed by atoms with E-state index in [0.717, 1.165) is 67.2 Å². The van der Waals surface area contributed by atoms with Crippen molar-refractivity contribution in [3.63, 3.8) is 0 Å².